The Bertz CT molecular complexity index is 763. The second kappa shape index (κ2) is 10.0. The van der Waals surface area contributed by atoms with Crippen molar-refractivity contribution in [3.8, 4) is 11.5 Å². The number of carbonyl (C=O) groups is 1. The molecule has 1 saturated carbocycles. The van der Waals surface area contributed by atoms with E-state index in [9.17, 15) is 13.6 Å². The highest BCUT2D eigenvalue weighted by Gasteiger charge is 2.16. The quantitative estimate of drug-likeness (QED) is 0.702. The summed E-state index contributed by atoms with van der Waals surface area (Å²) in [5.74, 6) is 1.29. The predicted octanol–water partition coefficient (Wildman–Crippen LogP) is 4.82. The summed E-state index contributed by atoms with van der Waals surface area (Å²) in [6.07, 6.45) is 7.81. The molecule has 1 aliphatic rings. The Hall–Kier alpha value is -2.70. The number of amides is 1. The molecule has 28 heavy (non-hydrogen) atoms. The third kappa shape index (κ3) is 6.18. The van der Waals surface area contributed by atoms with Gasteiger partial charge in [-0.3, -0.25) is 4.79 Å². The van der Waals surface area contributed by atoms with E-state index >= 15 is 0 Å². The number of alkyl halides is 2. The molecule has 0 spiro atoms. The molecule has 2 aromatic rings. The Balaban J connectivity index is 1.54. The van der Waals surface area contributed by atoms with Crippen molar-refractivity contribution in [1.29, 1.82) is 0 Å². The highest BCUT2D eigenvalue weighted by atomic mass is 19.3. The van der Waals surface area contributed by atoms with Gasteiger partial charge in [-0.25, -0.2) is 4.98 Å². The van der Waals surface area contributed by atoms with Gasteiger partial charge < -0.3 is 14.8 Å². The molecule has 0 radical (unpaired) electrons. The van der Waals surface area contributed by atoms with Gasteiger partial charge in [0.1, 0.15) is 5.75 Å². The maximum absolute atomic E-state index is 12.3. The molecule has 7 heteroatoms. The Morgan fingerprint density at radius 1 is 1.14 bits per heavy atom. The molecule has 0 aliphatic heterocycles. The van der Waals surface area contributed by atoms with Gasteiger partial charge in [0.05, 0.1) is 13.0 Å². The molecule has 1 fully saturated rings. The maximum Gasteiger partial charge on any atom is 0.387 e. The first-order valence-corrected chi connectivity index (χ1v) is 9.51. The fourth-order valence-corrected chi connectivity index (χ4v) is 3.31. The van der Waals surface area contributed by atoms with Gasteiger partial charge in [0, 0.05) is 6.20 Å². The first kappa shape index (κ1) is 20.0. The minimum Gasteiger partial charge on any atom is -0.489 e. The van der Waals surface area contributed by atoms with Crippen LogP contribution in [-0.2, 0) is 11.2 Å². The van der Waals surface area contributed by atoms with E-state index in [1.54, 1.807) is 30.5 Å². The normalized spacial score (nSPS) is 14.7. The largest absolute Gasteiger partial charge is 0.489 e. The molecule has 1 amide bonds. The fourth-order valence-electron chi connectivity index (χ4n) is 3.31. The molecular weight excluding hydrogens is 366 g/mol. The fraction of sp³-hybridized carbons (Fsp3) is 0.429. The van der Waals surface area contributed by atoms with Gasteiger partial charge in [-0.15, -0.1) is 0 Å². The molecule has 1 aliphatic carbocycles. The van der Waals surface area contributed by atoms with Crippen molar-refractivity contribution in [2.75, 3.05) is 11.9 Å². The summed E-state index contributed by atoms with van der Waals surface area (Å²) < 4.78 is 34.6. The van der Waals surface area contributed by atoms with Gasteiger partial charge in [0.2, 0.25) is 5.91 Å². The minimum atomic E-state index is -2.87. The summed E-state index contributed by atoms with van der Waals surface area (Å²) in [4.78, 5) is 16.6. The maximum atomic E-state index is 12.3. The summed E-state index contributed by atoms with van der Waals surface area (Å²) in [5.41, 5.74) is 0.680. The van der Waals surface area contributed by atoms with Crippen molar-refractivity contribution >= 4 is 11.7 Å². The van der Waals surface area contributed by atoms with Crippen LogP contribution in [0, 0.1) is 5.92 Å². The number of carbonyl (C=O) groups excluding carboxylic acids is 1. The molecule has 1 aromatic carbocycles. The third-order valence-corrected chi connectivity index (χ3v) is 4.74. The lowest BCUT2D eigenvalue weighted by atomic mass is 9.90. The number of rotatable bonds is 8. The van der Waals surface area contributed by atoms with Crippen molar-refractivity contribution in [1.82, 2.24) is 4.98 Å². The molecule has 0 unspecified atom stereocenters. The van der Waals surface area contributed by atoms with E-state index in [2.05, 4.69) is 15.0 Å². The van der Waals surface area contributed by atoms with E-state index in [0.29, 0.717) is 29.7 Å². The van der Waals surface area contributed by atoms with Crippen LogP contribution in [0.1, 0.15) is 37.7 Å². The van der Waals surface area contributed by atoms with Crippen LogP contribution < -0.4 is 14.8 Å². The van der Waals surface area contributed by atoms with Gasteiger partial charge >= 0.3 is 6.61 Å². The van der Waals surface area contributed by atoms with Crippen LogP contribution in [0.25, 0.3) is 0 Å². The first-order chi connectivity index (χ1) is 13.6. The van der Waals surface area contributed by atoms with E-state index in [-0.39, 0.29) is 18.1 Å². The molecule has 0 saturated heterocycles. The standard InChI is InChI=1S/C21H24F2N2O3/c22-21(23)28-17-10-8-15(9-11-17)13-19(26)25-20-18(7-4-12-24-20)27-14-16-5-2-1-3-6-16/h4,7-12,16,21H,1-3,5-6,13-14H2,(H,24,25,26). The number of nitrogens with one attached hydrogen (secondary N) is 1. The van der Waals surface area contributed by atoms with Crippen LogP contribution >= 0.6 is 0 Å². The smallest absolute Gasteiger partial charge is 0.387 e. The number of anilines is 1. The SMILES string of the molecule is O=C(Cc1ccc(OC(F)F)cc1)Nc1ncccc1OCC1CCCCC1. The molecule has 150 valence electrons. The van der Waals surface area contributed by atoms with Crippen LogP contribution in [0.4, 0.5) is 14.6 Å². The number of ether oxygens (including phenoxy) is 2. The first-order valence-electron chi connectivity index (χ1n) is 9.51. The Labute approximate surface area is 163 Å². The average molecular weight is 390 g/mol. The molecule has 1 aromatic heterocycles. The number of halogens is 2. The molecule has 0 bridgehead atoms. The summed E-state index contributed by atoms with van der Waals surface area (Å²) in [6.45, 7) is -2.24. The molecule has 3 rings (SSSR count). The van der Waals surface area contributed by atoms with Gasteiger partial charge in [-0.05, 0) is 48.6 Å². The zero-order valence-corrected chi connectivity index (χ0v) is 15.6. The van der Waals surface area contributed by atoms with Gasteiger partial charge in [0.15, 0.2) is 11.6 Å². The molecule has 1 heterocycles. The number of benzene rings is 1. The summed E-state index contributed by atoms with van der Waals surface area (Å²) >= 11 is 0. The van der Waals surface area contributed by atoms with Crippen molar-refractivity contribution in [3.05, 3.63) is 48.2 Å². The summed E-state index contributed by atoms with van der Waals surface area (Å²) in [6, 6.07) is 9.55. The highest BCUT2D eigenvalue weighted by Crippen LogP contribution is 2.27. The number of nitrogens with zero attached hydrogens (tertiary/aromatic N) is 1. The third-order valence-electron chi connectivity index (χ3n) is 4.74. The average Bonchev–Trinajstić information content (AvgIpc) is 2.69. The molecule has 0 atom stereocenters. The van der Waals surface area contributed by atoms with E-state index in [4.69, 9.17) is 4.74 Å². The molecule has 1 N–H and O–H groups in total. The van der Waals surface area contributed by atoms with Crippen molar-refractivity contribution in [3.63, 3.8) is 0 Å². The van der Waals surface area contributed by atoms with Gasteiger partial charge in [0.25, 0.3) is 0 Å². The lowest BCUT2D eigenvalue weighted by Crippen LogP contribution is -2.18. The lowest BCUT2D eigenvalue weighted by Gasteiger charge is -2.22. The second-order valence-corrected chi connectivity index (χ2v) is 6.91. The number of pyridine rings is 1. The molecular formula is C21H24F2N2O3. The lowest BCUT2D eigenvalue weighted by molar-refractivity contribution is -0.115. The van der Waals surface area contributed by atoms with Crippen LogP contribution in [-0.4, -0.2) is 24.1 Å². The van der Waals surface area contributed by atoms with Gasteiger partial charge in [-0.2, -0.15) is 8.78 Å². The van der Waals surface area contributed by atoms with E-state index in [0.717, 1.165) is 0 Å². The van der Waals surface area contributed by atoms with Crippen molar-refractivity contribution in [2.24, 2.45) is 5.92 Å². The minimum absolute atomic E-state index is 0.0577. The number of hydrogen-bond acceptors (Lipinski definition) is 4. The Kier molecular flexibility index (Phi) is 7.17. The Morgan fingerprint density at radius 2 is 1.89 bits per heavy atom. The monoisotopic (exact) mass is 390 g/mol. The highest BCUT2D eigenvalue weighted by molar-refractivity contribution is 5.92. The molecule has 5 nitrogen and oxygen atoms in total. The summed E-state index contributed by atoms with van der Waals surface area (Å²) in [7, 11) is 0. The van der Waals surface area contributed by atoms with Crippen LogP contribution in [0.2, 0.25) is 0 Å². The predicted molar refractivity (Wildman–Crippen MR) is 102 cm³/mol. The van der Waals surface area contributed by atoms with Gasteiger partial charge in [-0.1, -0.05) is 31.4 Å². The van der Waals surface area contributed by atoms with E-state index in [1.165, 1.54) is 44.2 Å². The topological polar surface area (TPSA) is 60.5 Å². The van der Waals surface area contributed by atoms with Crippen LogP contribution in [0.3, 0.4) is 0 Å². The second-order valence-electron chi connectivity index (χ2n) is 6.91. The Morgan fingerprint density at radius 3 is 2.61 bits per heavy atom. The summed E-state index contributed by atoms with van der Waals surface area (Å²) in [5, 5.41) is 2.77. The van der Waals surface area contributed by atoms with E-state index in [1.807, 2.05) is 0 Å². The van der Waals surface area contributed by atoms with Crippen LogP contribution in [0.15, 0.2) is 42.6 Å². The zero-order valence-electron chi connectivity index (χ0n) is 15.6. The van der Waals surface area contributed by atoms with Crippen molar-refractivity contribution < 1.29 is 23.0 Å². The number of aromatic nitrogens is 1. The van der Waals surface area contributed by atoms with Crippen LogP contribution in [0.5, 0.6) is 11.5 Å². The zero-order chi connectivity index (χ0) is 19.8. The van der Waals surface area contributed by atoms with E-state index < -0.39 is 6.61 Å². The van der Waals surface area contributed by atoms with Crippen molar-refractivity contribution in [2.45, 2.75) is 45.1 Å². The number of hydrogen-bond donors (Lipinski definition) is 1.